The van der Waals surface area contributed by atoms with Crippen LogP contribution in [0.15, 0.2) is 6.07 Å². The molecule has 0 aromatic carbocycles. The number of hydrogen-bond acceptors (Lipinski definition) is 3. The summed E-state index contributed by atoms with van der Waals surface area (Å²) in [6.07, 6.45) is 0.432. The third kappa shape index (κ3) is 3.02. The molecule has 122 valence electrons. The van der Waals surface area contributed by atoms with Gasteiger partial charge in [-0.05, 0) is 33.3 Å². The molecule has 0 aliphatic carbocycles. The Labute approximate surface area is 130 Å². The highest BCUT2D eigenvalue weighted by molar-refractivity contribution is 5.96. The highest BCUT2D eigenvalue weighted by atomic mass is 16.5. The Hall–Kier alpha value is -1.82. The predicted octanol–water partition coefficient (Wildman–Crippen LogP) is 1.83. The molecular formula is C16H24N2O4. The third-order valence-corrected chi connectivity index (χ3v) is 4.50. The summed E-state index contributed by atoms with van der Waals surface area (Å²) in [6, 6.07) is 1.58. The van der Waals surface area contributed by atoms with Gasteiger partial charge in [0.2, 0.25) is 0 Å². The molecule has 0 radical (unpaired) electrons. The first kappa shape index (κ1) is 16.5. The normalized spacial score (nSPS) is 21.4. The van der Waals surface area contributed by atoms with Crippen molar-refractivity contribution in [2.45, 2.75) is 52.3 Å². The van der Waals surface area contributed by atoms with Crippen molar-refractivity contribution in [3.05, 3.63) is 23.0 Å². The number of hydrogen-bond donors (Lipinski definition) is 1. The topological polar surface area (TPSA) is 71.8 Å². The van der Waals surface area contributed by atoms with Gasteiger partial charge in [0.1, 0.15) is 0 Å². The van der Waals surface area contributed by atoms with E-state index in [2.05, 4.69) is 4.57 Å². The Morgan fingerprint density at radius 3 is 2.59 bits per heavy atom. The van der Waals surface area contributed by atoms with Crippen molar-refractivity contribution in [3.63, 3.8) is 0 Å². The van der Waals surface area contributed by atoms with E-state index in [0.29, 0.717) is 18.5 Å². The van der Waals surface area contributed by atoms with Crippen LogP contribution >= 0.6 is 0 Å². The molecule has 1 saturated heterocycles. The van der Waals surface area contributed by atoms with E-state index in [1.807, 2.05) is 26.8 Å². The molecule has 1 aromatic heterocycles. The summed E-state index contributed by atoms with van der Waals surface area (Å²) in [5.74, 6) is -0.989. The molecule has 1 fully saturated rings. The van der Waals surface area contributed by atoms with Crippen LogP contribution in [0.25, 0.3) is 0 Å². The van der Waals surface area contributed by atoms with Crippen LogP contribution in [0.3, 0.4) is 0 Å². The molecule has 22 heavy (non-hydrogen) atoms. The standard InChI is InChI=1S/C16H24N2O4/c1-5-17-10(2)6-14(11(17)3)16(21)18-9-13(22-4)7-12(18)8-15(19)20/h6,12-13H,5,7-9H2,1-4H3,(H,19,20). The van der Waals surface area contributed by atoms with Crippen molar-refractivity contribution >= 4 is 11.9 Å². The van der Waals surface area contributed by atoms with E-state index in [0.717, 1.165) is 17.9 Å². The molecule has 0 saturated carbocycles. The van der Waals surface area contributed by atoms with Gasteiger partial charge in [-0.2, -0.15) is 0 Å². The summed E-state index contributed by atoms with van der Waals surface area (Å²) in [4.78, 5) is 25.6. The van der Waals surface area contributed by atoms with E-state index < -0.39 is 5.97 Å². The van der Waals surface area contributed by atoms with Crippen LogP contribution in [0.4, 0.5) is 0 Å². The lowest BCUT2D eigenvalue weighted by Crippen LogP contribution is -2.37. The molecular weight excluding hydrogens is 284 g/mol. The first-order valence-electron chi connectivity index (χ1n) is 7.61. The summed E-state index contributed by atoms with van der Waals surface area (Å²) in [5.41, 5.74) is 2.63. The molecule has 2 heterocycles. The number of amides is 1. The van der Waals surface area contributed by atoms with Gasteiger partial charge in [0, 0.05) is 37.6 Å². The Morgan fingerprint density at radius 2 is 2.09 bits per heavy atom. The minimum atomic E-state index is -0.890. The van der Waals surface area contributed by atoms with Crippen molar-refractivity contribution in [1.29, 1.82) is 0 Å². The van der Waals surface area contributed by atoms with E-state index in [1.54, 1.807) is 12.0 Å². The first-order chi connectivity index (χ1) is 10.4. The van der Waals surface area contributed by atoms with E-state index in [1.165, 1.54) is 0 Å². The number of aromatic nitrogens is 1. The third-order valence-electron chi connectivity index (χ3n) is 4.50. The molecule has 2 rings (SSSR count). The molecule has 6 heteroatoms. The Kier molecular flexibility index (Phi) is 4.90. The number of carboxylic acids is 1. The van der Waals surface area contributed by atoms with Crippen LogP contribution in [-0.4, -0.2) is 52.3 Å². The highest BCUT2D eigenvalue weighted by Crippen LogP contribution is 2.26. The van der Waals surface area contributed by atoms with Crippen molar-refractivity contribution in [1.82, 2.24) is 9.47 Å². The van der Waals surface area contributed by atoms with Crippen LogP contribution in [0.5, 0.6) is 0 Å². The fourth-order valence-corrected chi connectivity index (χ4v) is 3.35. The highest BCUT2D eigenvalue weighted by Gasteiger charge is 2.37. The second-order valence-electron chi connectivity index (χ2n) is 5.83. The number of carbonyl (C=O) groups is 2. The van der Waals surface area contributed by atoms with Crippen LogP contribution in [0.2, 0.25) is 0 Å². The number of nitrogens with zero attached hydrogens (tertiary/aromatic N) is 2. The maximum absolute atomic E-state index is 12.9. The van der Waals surface area contributed by atoms with Crippen LogP contribution in [0, 0.1) is 13.8 Å². The first-order valence-corrected chi connectivity index (χ1v) is 7.61. The number of aryl methyl sites for hydroxylation is 1. The Balaban J connectivity index is 2.28. The number of ether oxygens (including phenoxy) is 1. The van der Waals surface area contributed by atoms with Gasteiger partial charge in [-0.25, -0.2) is 0 Å². The zero-order valence-corrected chi connectivity index (χ0v) is 13.6. The van der Waals surface area contributed by atoms with Crippen molar-refractivity contribution in [2.24, 2.45) is 0 Å². The number of rotatable bonds is 5. The fourth-order valence-electron chi connectivity index (χ4n) is 3.35. The molecule has 1 N–H and O–H groups in total. The van der Waals surface area contributed by atoms with Gasteiger partial charge in [0.25, 0.3) is 5.91 Å². The van der Waals surface area contributed by atoms with E-state index in [-0.39, 0.29) is 24.5 Å². The summed E-state index contributed by atoms with van der Waals surface area (Å²) in [7, 11) is 1.60. The van der Waals surface area contributed by atoms with Crippen LogP contribution < -0.4 is 0 Å². The lowest BCUT2D eigenvalue weighted by molar-refractivity contribution is -0.137. The van der Waals surface area contributed by atoms with Crippen LogP contribution in [0.1, 0.15) is 41.5 Å². The van der Waals surface area contributed by atoms with Gasteiger partial charge in [-0.1, -0.05) is 0 Å². The van der Waals surface area contributed by atoms with Gasteiger partial charge < -0.3 is 19.3 Å². The SMILES string of the molecule is CCn1c(C)cc(C(=O)N2CC(OC)CC2CC(=O)O)c1C. The zero-order chi connectivity index (χ0) is 16.4. The largest absolute Gasteiger partial charge is 0.481 e. The number of methoxy groups -OCH3 is 1. The Morgan fingerprint density at radius 1 is 1.41 bits per heavy atom. The molecule has 1 amide bonds. The lowest BCUT2D eigenvalue weighted by atomic mass is 10.1. The summed E-state index contributed by atoms with van der Waals surface area (Å²) < 4.78 is 7.41. The molecule has 0 bridgehead atoms. The zero-order valence-electron chi connectivity index (χ0n) is 13.6. The number of carboxylic acid groups (broad SMARTS) is 1. The second-order valence-corrected chi connectivity index (χ2v) is 5.83. The maximum Gasteiger partial charge on any atom is 0.305 e. The smallest absolute Gasteiger partial charge is 0.305 e. The van der Waals surface area contributed by atoms with E-state index in [9.17, 15) is 9.59 Å². The molecule has 1 aromatic rings. The van der Waals surface area contributed by atoms with Gasteiger partial charge in [-0.15, -0.1) is 0 Å². The average Bonchev–Trinajstić information content (AvgIpc) is 2.98. The quantitative estimate of drug-likeness (QED) is 0.901. The lowest BCUT2D eigenvalue weighted by Gasteiger charge is -2.23. The van der Waals surface area contributed by atoms with Crippen molar-refractivity contribution in [2.75, 3.05) is 13.7 Å². The number of aliphatic carboxylic acids is 1. The van der Waals surface area contributed by atoms with E-state index in [4.69, 9.17) is 9.84 Å². The summed E-state index contributed by atoms with van der Waals surface area (Å²) >= 11 is 0. The van der Waals surface area contributed by atoms with Gasteiger partial charge in [0.05, 0.1) is 18.1 Å². The molecule has 1 aliphatic heterocycles. The number of carbonyl (C=O) groups excluding carboxylic acids is 1. The second kappa shape index (κ2) is 6.52. The average molecular weight is 308 g/mol. The number of likely N-dealkylation sites (tertiary alicyclic amines) is 1. The minimum absolute atomic E-state index is 0.0435. The Bertz CT molecular complexity index is 579. The van der Waals surface area contributed by atoms with Crippen molar-refractivity contribution in [3.8, 4) is 0 Å². The molecule has 2 unspecified atom stereocenters. The van der Waals surface area contributed by atoms with Gasteiger partial charge in [-0.3, -0.25) is 9.59 Å². The van der Waals surface area contributed by atoms with Gasteiger partial charge >= 0.3 is 5.97 Å². The van der Waals surface area contributed by atoms with Crippen LogP contribution in [-0.2, 0) is 16.1 Å². The van der Waals surface area contributed by atoms with Crippen molar-refractivity contribution < 1.29 is 19.4 Å². The van der Waals surface area contributed by atoms with E-state index >= 15 is 0 Å². The predicted molar refractivity (Wildman–Crippen MR) is 82.1 cm³/mol. The summed E-state index contributed by atoms with van der Waals surface area (Å²) in [5, 5.41) is 9.06. The molecule has 6 nitrogen and oxygen atoms in total. The molecule has 2 atom stereocenters. The maximum atomic E-state index is 12.9. The monoisotopic (exact) mass is 308 g/mol. The minimum Gasteiger partial charge on any atom is -0.481 e. The molecule has 1 aliphatic rings. The summed E-state index contributed by atoms with van der Waals surface area (Å²) in [6.45, 7) is 7.20. The molecule has 0 spiro atoms. The van der Waals surface area contributed by atoms with Gasteiger partial charge in [0.15, 0.2) is 0 Å². The fraction of sp³-hybridized carbons (Fsp3) is 0.625.